The van der Waals surface area contributed by atoms with Crippen LogP contribution in [0, 0.1) is 0 Å². The number of rotatable bonds is 6. The van der Waals surface area contributed by atoms with Gasteiger partial charge in [0.2, 0.25) is 0 Å². The van der Waals surface area contributed by atoms with Gasteiger partial charge in [0.1, 0.15) is 30.0 Å². The molecule has 0 heterocycles. The predicted molar refractivity (Wildman–Crippen MR) is 101 cm³/mol. The Morgan fingerprint density at radius 2 is 1.58 bits per heavy atom. The molecule has 1 unspecified atom stereocenters. The van der Waals surface area contributed by atoms with Crippen molar-refractivity contribution >= 4 is 16.9 Å². The molecule has 134 valence electrons. The van der Waals surface area contributed by atoms with Gasteiger partial charge in [0.15, 0.2) is 0 Å². The summed E-state index contributed by atoms with van der Waals surface area (Å²) in [4.78, 5) is 11.1. The van der Waals surface area contributed by atoms with Crippen LogP contribution in [-0.2, 0) is 4.74 Å². The lowest BCUT2D eigenvalue weighted by molar-refractivity contribution is 0.0915. The third kappa shape index (κ3) is 4.66. The minimum atomic E-state index is -0.473. The van der Waals surface area contributed by atoms with Crippen molar-refractivity contribution in [3.8, 4) is 17.2 Å². The van der Waals surface area contributed by atoms with Gasteiger partial charge < -0.3 is 19.5 Å². The van der Waals surface area contributed by atoms with Gasteiger partial charge in [-0.2, -0.15) is 0 Å². The molecule has 0 bridgehead atoms. The molecule has 3 rings (SSSR count). The van der Waals surface area contributed by atoms with Crippen molar-refractivity contribution in [3.05, 3.63) is 66.7 Å². The summed E-state index contributed by atoms with van der Waals surface area (Å²) >= 11 is 0. The van der Waals surface area contributed by atoms with Crippen molar-refractivity contribution < 1.29 is 19.0 Å². The maximum absolute atomic E-state index is 11.1. The van der Waals surface area contributed by atoms with Crippen LogP contribution in [0.4, 0.5) is 4.79 Å². The van der Waals surface area contributed by atoms with Crippen molar-refractivity contribution in [2.24, 2.45) is 0 Å². The van der Waals surface area contributed by atoms with Crippen molar-refractivity contribution in [3.63, 3.8) is 0 Å². The number of carbonyl (C=O) groups excluding carboxylic acids is 1. The maximum Gasteiger partial charge on any atom is 0.406 e. The quantitative estimate of drug-likeness (QED) is 0.696. The van der Waals surface area contributed by atoms with Gasteiger partial charge in [-0.25, -0.2) is 4.79 Å². The molecule has 1 N–H and O–H groups in total. The van der Waals surface area contributed by atoms with Crippen molar-refractivity contribution in [2.75, 3.05) is 13.7 Å². The average molecular weight is 351 g/mol. The molecule has 5 heteroatoms. The molecule has 0 aliphatic rings. The van der Waals surface area contributed by atoms with E-state index >= 15 is 0 Å². The molecule has 0 radical (unpaired) electrons. The predicted octanol–water partition coefficient (Wildman–Crippen LogP) is 4.76. The van der Waals surface area contributed by atoms with Crippen molar-refractivity contribution in [1.29, 1.82) is 0 Å². The molecular formula is C21H21NO4. The van der Waals surface area contributed by atoms with Gasteiger partial charge in [-0.1, -0.05) is 30.3 Å². The fourth-order valence-electron chi connectivity index (χ4n) is 2.48. The standard InChI is InChI=1S/C21H21NO4/c1-15(14-24-21(23)22-2)25-18-9-11-19(12-10-18)26-20-8-7-16-5-3-4-6-17(16)13-20/h3-13,15H,14H2,1-2H3,(H,22,23). The van der Waals surface area contributed by atoms with Crippen LogP contribution in [0.15, 0.2) is 66.7 Å². The first-order valence-electron chi connectivity index (χ1n) is 8.42. The van der Waals surface area contributed by atoms with Gasteiger partial charge in [-0.05, 0) is 54.1 Å². The summed E-state index contributed by atoms with van der Waals surface area (Å²) in [6.45, 7) is 2.01. The number of fused-ring (bicyclic) bond motifs is 1. The molecule has 0 spiro atoms. The summed E-state index contributed by atoms with van der Waals surface area (Å²) in [6, 6.07) is 21.5. The lowest BCUT2D eigenvalue weighted by Crippen LogP contribution is -2.26. The highest BCUT2D eigenvalue weighted by Gasteiger charge is 2.08. The lowest BCUT2D eigenvalue weighted by atomic mass is 10.1. The summed E-state index contributed by atoms with van der Waals surface area (Å²) in [5.74, 6) is 2.19. The first-order valence-corrected chi connectivity index (χ1v) is 8.42. The first-order chi connectivity index (χ1) is 12.6. The largest absolute Gasteiger partial charge is 0.487 e. The molecule has 3 aromatic carbocycles. The van der Waals surface area contributed by atoms with E-state index in [9.17, 15) is 4.79 Å². The average Bonchev–Trinajstić information content (AvgIpc) is 2.67. The van der Waals surface area contributed by atoms with Crippen LogP contribution in [0.2, 0.25) is 0 Å². The van der Waals surface area contributed by atoms with Crippen LogP contribution < -0.4 is 14.8 Å². The van der Waals surface area contributed by atoms with Crippen LogP contribution in [0.25, 0.3) is 10.8 Å². The smallest absolute Gasteiger partial charge is 0.406 e. The van der Waals surface area contributed by atoms with Crippen LogP contribution in [-0.4, -0.2) is 25.9 Å². The van der Waals surface area contributed by atoms with E-state index in [1.54, 1.807) is 0 Å². The molecule has 0 aromatic heterocycles. The van der Waals surface area contributed by atoms with Gasteiger partial charge in [0.25, 0.3) is 0 Å². The number of amides is 1. The third-order valence-corrected chi connectivity index (χ3v) is 3.77. The molecule has 0 saturated carbocycles. The second kappa shape index (κ2) is 8.25. The minimum Gasteiger partial charge on any atom is -0.487 e. The molecule has 1 atom stereocenters. The van der Waals surface area contributed by atoms with E-state index in [0.29, 0.717) is 5.75 Å². The highest BCUT2D eigenvalue weighted by Crippen LogP contribution is 2.27. The monoisotopic (exact) mass is 351 g/mol. The van der Waals surface area contributed by atoms with Gasteiger partial charge in [-0.15, -0.1) is 0 Å². The van der Waals surface area contributed by atoms with Gasteiger partial charge in [0.05, 0.1) is 0 Å². The number of ether oxygens (including phenoxy) is 3. The third-order valence-electron chi connectivity index (χ3n) is 3.77. The molecule has 0 saturated heterocycles. The highest BCUT2D eigenvalue weighted by atomic mass is 16.6. The molecule has 3 aromatic rings. The summed E-state index contributed by atoms with van der Waals surface area (Å²) in [5, 5.41) is 4.70. The van der Waals surface area contributed by atoms with E-state index in [2.05, 4.69) is 17.4 Å². The van der Waals surface area contributed by atoms with E-state index in [4.69, 9.17) is 14.2 Å². The van der Waals surface area contributed by atoms with Crippen LogP contribution >= 0.6 is 0 Å². The van der Waals surface area contributed by atoms with Crippen LogP contribution in [0.3, 0.4) is 0 Å². The highest BCUT2D eigenvalue weighted by molar-refractivity contribution is 5.83. The second-order valence-corrected chi connectivity index (χ2v) is 5.86. The first kappa shape index (κ1) is 17.6. The fourth-order valence-corrected chi connectivity index (χ4v) is 2.48. The van der Waals surface area contributed by atoms with Crippen LogP contribution in [0.1, 0.15) is 6.92 Å². The van der Waals surface area contributed by atoms with Crippen molar-refractivity contribution in [2.45, 2.75) is 13.0 Å². The number of carbonyl (C=O) groups is 1. The van der Waals surface area contributed by atoms with E-state index in [0.717, 1.165) is 16.9 Å². The summed E-state index contributed by atoms with van der Waals surface area (Å²) in [5.41, 5.74) is 0. The summed E-state index contributed by atoms with van der Waals surface area (Å²) < 4.78 is 16.6. The Hall–Kier alpha value is -3.21. The molecule has 0 fully saturated rings. The Bertz CT molecular complexity index is 877. The Labute approximate surface area is 152 Å². The Kier molecular flexibility index (Phi) is 5.59. The van der Waals surface area contributed by atoms with Crippen molar-refractivity contribution in [1.82, 2.24) is 5.32 Å². The summed E-state index contributed by atoms with van der Waals surface area (Å²) in [6.07, 6.45) is -0.723. The van der Waals surface area contributed by atoms with E-state index in [1.807, 2.05) is 61.5 Å². The molecule has 1 amide bonds. The Morgan fingerprint density at radius 3 is 2.31 bits per heavy atom. The van der Waals surface area contributed by atoms with E-state index in [-0.39, 0.29) is 12.7 Å². The molecule has 0 aliphatic carbocycles. The Balaban J connectivity index is 1.59. The topological polar surface area (TPSA) is 56.8 Å². The number of benzene rings is 3. The normalized spacial score (nSPS) is 11.6. The zero-order chi connectivity index (χ0) is 18.4. The van der Waals surface area contributed by atoms with Gasteiger partial charge >= 0.3 is 6.09 Å². The SMILES string of the molecule is CNC(=O)OCC(C)Oc1ccc(Oc2ccc3ccccc3c2)cc1. The van der Waals surface area contributed by atoms with Gasteiger partial charge in [-0.3, -0.25) is 0 Å². The van der Waals surface area contributed by atoms with E-state index in [1.165, 1.54) is 12.4 Å². The lowest BCUT2D eigenvalue weighted by Gasteiger charge is -2.15. The summed E-state index contributed by atoms with van der Waals surface area (Å²) in [7, 11) is 1.52. The van der Waals surface area contributed by atoms with Crippen LogP contribution in [0.5, 0.6) is 17.2 Å². The zero-order valence-electron chi connectivity index (χ0n) is 14.8. The van der Waals surface area contributed by atoms with E-state index < -0.39 is 6.09 Å². The second-order valence-electron chi connectivity index (χ2n) is 5.86. The Morgan fingerprint density at radius 1 is 0.923 bits per heavy atom. The number of hydrogen-bond donors (Lipinski definition) is 1. The maximum atomic E-state index is 11.1. The number of nitrogens with one attached hydrogen (secondary N) is 1. The fraction of sp³-hybridized carbons (Fsp3) is 0.190. The number of hydrogen-bond acceptors (Lipinski definition) is 4. The zero-order valence-corrected chi connectivity index (χ0v) is 14.8. The molecule has 0 aliphatic heterocycles. The van der Waals surface area contributed by atoms with Gasteiger partial charge in [0, 0.05) is 7.05 Å². The molecular weight excluding hydrogens is 330 g/mol. The minimum absolute atomic E-state index is 0.176. The molecule has 26 heavy (non-hydrogen) atoms. The molecule has 5 nitrogen and oxygen atoms in total. The number of alkyl carbamates (subject to hydrolysis) is 1.